The van der Waals surface area contributed by atoms with Gasteiger partial charge in [0, 0.05) is 25.9 Å². The Morgan fingerprint density at radius 2 is 1.73 bits per heavy atom. The van der Waals surface area contributed by atoms with Crippen LogP contribution in [0.25, 0.3) is 0 Å². The van der Waals surface area contributed by atoms with Crippen LogP contribution >= 0.6 is 0 Å². The number of aryl methyl sites for hydroxylation is 2. The van der Waals surface area contributed by atoms with Gasteiger partial charge in [0.05, 0.1) is 23.5 Å². The maximum Gasteiger partial charge on any atom is 0.257 e. The van der Waals surface area contributed by atoms with Gasteiger partial charge in [0.15, 0.2) is 0 Å². The third-order valence-electron chi connectivity index (χ3n) is 4.49. The fourth-order valence-corrected chi connectivity index (χ4v) is 2.78. The summed E-state index contributed by atoms with van der Waals surface area (Å²) in [7, 11) is 1.56. The molecule has 0 atom stereocenters. The molecule has 1 aromatic heterocycles. The lowest BCUT2D eigenvalue weighted by molar-refractivity contribution is 0.102. The molecule has 0 aliphatic carbocycles. The van der Waals surface area contributed by atoms with Gasteiger partial charge in [0.1, 0.15) is 5.69 Å². The van der Waals surface area contributed by atoms with Crippen molar-refractivity contribution >= 4 is 23.0 Å². The fourth-order valence-electron chi connectivity index (χ4n) is 2.78. The van der Waals surface area contributed by atoms with Gasteiger partial charge in [0.25, 0.3) is 11.5 Å². The second-order valence-corrected chi connectivity index (χ2v) is 6.95. The highest BCUT2D eigenvalue weighted by Gasteiger charge is 2.11. The zero-order chi connectivity index (χ0) is 21.5. The number of methoxy groups -OCH3 is 1. The Morgan fingerprint density at radius 1 is 1.00 bits per heavy atom. The minimum atomic E-state index is -0.336. The summed E-state index contributed by atoms with van der Waals surface area (Å²) in [5, 5.41) is 11.5. The van der Waals surface area contributed by atoms with Crippen molar-refractivity contribution in [3.8, 4) is 0 Å². The first kappa shape index (κ1) is 21.1. The lowest BCUT2D eigenvalue weighted by atomic mass is 10.2. The number of ether oxygens (including phenoxy) is 1. The molecule has 7 nitrogen and oxygen atoms in total. The Morgan fingerprint density at radius 3 is 2.47 bits per heavy atom. The molecule has 2 aromatic carbocycles. The number of hydrogen-bond acceptors (Lipinski definition) is 5. The molecule has 154 valence electrons. The number of hydrogen-bond donors (Lipinski definition) is 1. The van der Waals surface area contributed by atoms with Gasteiger partial charge in [-0.2, -0.15) is 5.11 Å². The van der Waals surface area contributed by atoms with Crippen LogP contribution in [0.15, 0.2) is 75.8 Å². The van der Waals surface area contributed by atoms with Crippen LogP contribution < -0.4 is 10.9 Å². The number of anilines is 1. The first-order valence-electron chi connectivity index (χ1n) is 9.56. The predicted octanol–water partition coefficient (Wildman–Crippen LogP) is 4.78. The highest BCUT2D eigenvalue weighted by atomic mass is 16.5. The Bertz CT molecular complexity index is 1120. The molecule has 0 fully saturated rings. The fraction of sp³-hybridized carbons (Fsp3) is 0.217. The molecular formula is C23H24N4O3. The first-order chi connectivity index (χ1) is 14.5. The van der Waals surface area contributed by atoms with Crippen LogP contribution in [0.4, 0.5) is 17.1 Å². The van der Waals surface area contributed by atoms with Crippen molar-refractivity contribution in [2.75, 3.05) is 19.0 Å². The van der Waals surface area contributed by atoms with Crippen LogP contribution in [0.5, 0.6) is 0 Å². The summed E-state index contributed by atoms with van der Waals surface area (Å²) in [5.41, 5.74) is 4.14. The molecule has 3 aromatic rings. The van der Waals surface area contributed by atoms with E-state index < -0.39 is 0 Å². The summed E-state index contributed by atoms with van der Waals surface area (Å²) in [6.07, 6.45) is 1.53. The number of rotatable bonds is 7. The second kappa shape index (κ2) is 9.76. The van der Waals surface area contributed by atoms with Crippen molar-refractivity contribution in [2.45, 2.75) is 20.4 Å². The molecule has 0 bridgehead atoms. The minimum absolute atomic E-state index is 0.188. The normalized spacial score (nSPS) is 11.0. The maximum absolute atomic E-state index is 12.8. The van der Waals surface area contributed by atoms with Gasteiger partial charge in [0.2, 0.25) is 0 Å². The van der Waals surface area contributed by atoms with Gasteiger partial charge < -0.3 is 14.6 Å². The number of nitrogens with zero attached hydrogens (tertiary/aromatic N) is 3. The molecule has 0 aliphatic heterocycles. The zero-order valence-corrected chi connectivity index (χ0v) is 17.3. The molecule has 30 heavy (non-hydrogen) atoms. The molecule has 0 saturated carbocycles. The second-order valence-electron chi connectivity index (χ2n) is 6.95. The van der Waals surface area contributed by atoms with Crippen LogP contribution in [0, 0.1) is 13.8 Å². The van der Waals surface area contributed by atoms with E-state index in [-0.39, 0.29) is 11.5 Å². The summed E-state index contributed by atoms with van der Waals surface area (Å²) < 4.78 is 6.46. The number of amides is 1. The van der Waals surface area contributed by atoms with E-state index in [0.717, 1.165) is 16.8 Å². The average Bonchev–Trinajstić information content (AvgIpc) is 2.74. The molecule has 1 N–H and O–H groups in total. The Hall–Kier alpha value is -3.58. The Kier molecular flexibility index (Phi) is 6.87. The number of nitrogens with one attached hydrogen (secondary N) is 1. The number of pyridine rings is 1. The molecule has 0 saturated heterocycles. The van der Waals surface area contributed by atoms with Crippen molar-refractivity contribution in [3.05, 3.63) is 87.8 Å². The highest BCUT2D eigenvalue weighted by Crippen LogP contribution is 2.28. The summed E-state index contributed by atoms with van der Waals surface area (Å²) in [4.78, 5) is 24.7. The molecule has 0 radical (unpaired) electrons. The Balaban J connectivity index is 1.83. The third-order valence-corrected chi connectivity index (χ3v) is 4.49. The molecule has 0 aliphatic rings. The van der Waals surface area contributed by atoms with Crippen LogP contribution in [-0.4, -0.2) is 24.2 Å². The SMILES string of the molecule is COCCn1cc(C(=O)Nc2ccc(C)cc2N=Nc2ccc(C)cc2)ccc1=O. The predicted molar refractivity (Wildman–Crippen MR) is 117 cm³/mol. The molecule has 0 spiro atoms. The lowest BCUT2D eigenvalue weighted by Crippen LogP contribution is -2.23. The smallest absolute Gasteiger partial charge is 0.257 e. The molecule has 7 heteroatoms. The van der Waals surface area contributed by atoms with Gasteiger partial charge in [-0.25, -0.2) is 0 Å². The minimum Gasteiger partial charge on any atom is -0.383 e. The largest absolute Gasteiger partial charge is 0.383 e. The summed E-state index contributed by atoms with van der Waals surface area (Å²) in [6, 6.07) is 16.1. The number of azo groups is 1. The van der Waals surface area contributed by atoms with E-state index in [9.17, 15) is 9.59 Å². The topological polar surface area (TPSA) is 85.0 Å². The number of carbonyl (C=O) groups excluding carboxylic acids is 1. The number of benzene rings is 2. The Labute approximate surface area is 175 Å². The summed E-state index contributed by atoms with van der Waals surface area (Å²) in [5.74, 6) is -0.336. The van der Waals surface area contributed by atoms with E-state index in [4.69, 9.17) is 4.74 Å². The van der Waals surface area contributed by atoms with E-state index in [0.29, 0.717) is 30.1 Å². The summed E-state index contributed by atoms with van der Waals surface area (Å²) in [6.45, 7) is 4.71. The maximum atomic E-state index is 12.8. The van der Waals surface area contributed by atoms with Crippen LogP contribution in [0.2, 0.25) is 0 Å². The van der Waals surface area contributed by atoms with Gasteiger partial charge in [-0.3, -0.25) is 9.59 Å². The van der Waals surface area contributed by atoms with Crippen molar-refractivity contribution in [1.82, 2.24) is 4.57 Å². The first-order valence-corrected chi connectivity index (χ1v) is 9.56. The van der Waals surface area contributed by atoms with E-state index in [1.54, 1.807) is 13.2 Å². The van der Waals surface area contributed by atoms with Gasteiger partial charge in [-0.1, -0.05) is 23.8 Å². The number of carbonyl (C=O) groups is 1. The van der Waals surface area contributed by atoms with E-state index in [1.807, 2.05) is 50.2 Å². The third kappa shape index (κ3) is 5.48. The van der Waals surface area contributed by atoms with Gasteiger partial charge in [-0.05, 0) is 49.7 Å². The van der Waals surface area contributed by atoms with Gasteiger partial charge in [-0.15, -0.1) is 5.11 Å². The zero-order valence-electron chi connectivity index (χ0n) is 17.3. The monoisotopic (exact) mass is 404 g/mol. The molecule has 1 heterocycles. The van der Waals surface area contributed by atoms with E-state index >= 15 is 0 Å². The van der Waals surface area contributed by atoms with Crippen LogP contribution in [-0.2, 0) is 11.3 Å². The summed E-state index contributed by atoms with van der Waals surface area (Å²) >= 11 is 0. The van der Waals surface area contributed by atoms with Crippen LogP contribution in [0.3, 0.4) is 0 Å². The van der Waals surface area contributed by atoms with Gasteiger partial charge >= 0.3 is 0 Å². The molecule has 3 rings (SSSR count). The van der Waals surface area contributed by atoms with E-state index in [1.165, 1.54) is 22.9 Å². The van der Waals surface area contributed by atoms with Crippen LogP contribution in [0.1, 0.15) is 21.5 Å². The van der Waals surface area contributed by atoms with Crippen molar-refractivity contribution in [3.63, 3.8) is 0 Å². The van der Waals surface area contributed by atoms with Crippen molar-refractivity contribution in [2.24, 2.45) is 10.2 Å². The molecule has 0 unspecified atom stereocenters. The van der Waals surface area contributed by atoms with Crippen molar-refractivity contribution in [1.29, 1.82) is 0 Å². The van der Waals surface area contributed by atoms with E-state index in [2.05, 4.69) is 15.5 Å². The average molecular weight is 404 g/mol. The quantitative estimate of drug-likeness (QED) is 0.575. The lowest BCUT2D eigenvalue weighted by Gasteiger charge is -2.10. The highest BCUT2D eigenvalue weighted by molar-refractivity contribution is 6.05. The molecule has 1 amide bonds. The molecular weight excluding hydrogens is 380 g/mol. The standard InChI is InChI=1S/C23H24N4O3/c1-16-4-8-19(9-5-16)25-26-21-14-17(2)6-10-20(21)24-23(29)18-7-11-22(28)27(15-18)12-13-30-3/h4-11,14-15H,12-13H2,1-3H3,(H,24,29). The van der Waals surface area contributed by atoms with Crippen molar-refractivity contribution < 1.29 is 9.53 Å². The number of aromatic nitrogens is 1.